The zero-order valence-corrected chi connectivity index (χ0v) is 13.4. The van der Waals surface area contributed by atoms with E-state index in [9.17, 15) is 9.59 Å². The summed E-state index contributed by atoms with van der Waals surface area (Å²) in [6.07, 6.45) is 2.11. The van der Waals surface area contributed by atoms with Crippen LogP contribution in [0.25, 0.3) is 0 Å². The zero-order chi connectivity index (χ0) is 15.9. The molecule has 0 bridgehead atoms. The van der Waals surface area contributed by atoms with Gasteiger partial charge in [0.25, 0.3) is 0 Å². The molecule has 2 aliphatic rings. The average Bonchev–Trinajstić information content (AvgIpc) is 2.96. The fourth-order valence-electron chi connectivity index (χ4n) is 3.41. The van der Waals surface area contributed by atoms with Crippen molar-refractivity contribution < 1.29 is 9.59 Å². The predicted molar refractivity (Wildman–Crippen MR) is 80.1 cm³/mol. The molecule has 0 spiro atoms. The van der Waals surface area contributed by atoms with Gasteiger partial charge in [0, 0.05) is 26.1 Å². The maximum atomic E-state index is 12.6. The van der Waals surface area contributed by atoms with Crippen LogP contribution < -0.4 is 0 Å². The van der Waals surface area contributed by atoms with Gasteiger partial charge in [0.1, 0.15) is 17.7 Å². The van der Waals surface area contributed by atoms with E-state index in [2.05, 4.69) is 10.1 Å². The average molecular weight is 305 g/mol. The van der Waals surface area contributed by atoms with Crippen molar-refractivity contribution in [3.05, 3.63) is 11.6 Å². The van der Waals surface area contributed by atoms with Crippen molar-refractivity contribution in [2.75, 3.05) is 19.6 Å². The second-order valence-electron chi connectivity index (χ2n) is 6.16. The van der Waals surface area contributed by atoms with Gasteiger partial charge in [-0.25, -0.2) is 9.67 Å². The lowest BCUT2D eigenvalue weighted by molar-refractivity contribution is -0.148. The number of hydrogen-bond donors (Lipinski definition) is 0. The fourth-order valence-corrected chi connectivity index (χ4v) is 3.41. The summed E-state index contributed by atoms with van der Waals surface area (Å²) in [6, 6.07) is -0.0912. The van der Waals surface area contributed by atoms with Crippen LogP contribution >= 0.6 is 0 Å². The quantitative estimate of drug-likeness (QED) is 0.820. The summed E-state index contributed by atoms with van der Waals surface area (Å²) in [5.41, 5.74) is 0. The number of rotatable bonds is 4. The van der Waals surface area contributed by atoms with Gasteiger partial charge in [-0.05, 0) is 26.7 Å². The van der Waals surface area contributed by atoms with Crippen LogP contribution in [0.4, 0.5) is 0 Å². The third-order valence-corrected chi connectivity index (χ3v) is 4.59. The topological polar surface area (TPSA) is 71.3 Å². The van der Waals surface area contributed by atoms with Gasteiger partial charge in [0.2, 0.25) is 11.8 Å². The lowest BCUT2D eigenvalue weighted by Gasteiger charge is -2.42. The summed E-state index contributed by atoms with van der Waals surface area (Å²) in [6.45, 7) is 7.79. The van der Waals surface area contributed by atoms with E-state index < -0.39 is 0 Å². The number of amides is 2. The summed E-state index contributed by atoms with van der Waals surface area (Å²) < 4.78 is 1.90. The molecule has 2 aliphatic heterocycles. The van der Waals surface area contributed by atoms with Crippen molar-refractivity contribution in [1.29, 1.82) is 0 Å². The summed E-state index contributed by atoms with van der Waals surface area (Å²) in [5, 5.41) is 4.38. The Morgan fingerprint density at radius 3 is 2.59 bits per heavy atom. The molecular formula is C15H23N5O2. The molecule has 120 valence electrons. The van der Waals surface area contributed by atoms with Gasteiger partial charge in [-0.3, -0.25) is 9.59 Å². The van der Waals surface area contributed by atoms with Gasteiger partial charge >= 0.3 is 0 Å². The minimum absolute atomic E-state index is 0.0727. The van der Waals surface area contributed by atoms with E-state index in [1.165, 1.54) is 0 Å². The first-order valence-corrected chi connectivity index (χ1v) is 7.99. The number of likely N-dealkylation sites (tertiary alicyclic amines) is 2. The second-order valence-corrected chi connectivity index (χ2v) is 6.16. The number of aryl methyl sites for hydroxylation is 2. The zero-order valence-electron chi connectivity index (χ0n) is 13.4. The van der Waals surface area contributed by atoms with E-state index in [1.807, 2.05) is 30.4 Å². The highest BCUT2D eigenvalue weighted by Crippen LogP contribution is 2.25. The molecule has 7 nitrogen and oxygen atoms in total. The largest absolute Gasteiger partial charge is 0.336 e. The van der Waals surface area contributed by atoms with Crippen molar-refractivity contribution in [2.45, 2.75) is 52.1 Å². The van der Waals surface area contributed by atoms with E-state index in [4.69, 9.17) is 0 Å². The molecule has 1 aromatic rings. The number of nitrogens with zero attached hydrogens (tertiary/aromatic N) is 5. The molecule has 7 heteroatoms. The van der Waals surface area contributed by atoms with Crippen molar-refractivity contribution >= 4 is 11.8 Å². The number of carbonyl (C=O) groups is 2. The molecule has 2 fully saturated rings. The van der Waals surface area contributed by atoms with Gasteiger partial charge in [-0.2, -0.15) is 5.10 Å². The van der Waals surface area contributed by atoms with Gasteiger partial charge in [0.15, 0.2) is 0 Å². The van der Waals surface area contributed by atoms with E-state index in [1.54, 1.807) is 4.90 Å². The van der Waals surface area contributed by atoms with Crippen molar-refractivity contribution in [1.82, 2.24) is 24.6 Å². The minimum atomic E-state index is -0.297. The van der Waals surface area contributed by atoms with Crippen molar-refractivity contribution in [3.63, 3.8) is 0 Å². The van der Waals surface area contributed by atoms with Gasteiger partial charge < -0.3 is 9.80 Å². The molecule has 0 N–H and O–H groups in total. The molecule has 0 aliphatic carbocycles. The molecule has 0 radical (unpaired) electrons. The van der Waals surface area contributed by atoms with E-state index in [0.717, 1.165) is 18.1 Å². The Kier molecular flexibility index (Phi) is 3.88. The van der Waals surface area contributed by atoms with Crippen LogP contribution in [0.5, 0.6) is 0 Å². The van der Waals surface area contributed by atoms with Crippen LogP contribution in [-0.4, -0.2) is 62.1 Å². The molecular weight excluding hydrogens is 282 g/mol. The monoisotopic (exact) mass is 305 g/mol. The number of carbonyl (C=O) groups excluding carboxylic acids is 2. The third kappa shape index (κ3) is 2.48. The Balaban J connectivity index is 1.62. The summed E-state index contributed by atoms with van der Waals surface area (Å²) >= 11 is 0. The standard InChI is InChI=1S/C15H23N5O2/c1-4-13(19-7-5-6-14(19)21)15(22)18-8-12(9-18)20-11(3)16-10(2)17-20/h12-13H,4-9H2,1-3H3. The molecule has 2 saturated heterocycles. The van der Waals surface area contributed by atoms with Crippen LogP contribution in [0.15, 0.2) is 0 Å². The summed E-state index contributed by atoms with van der Waals surface area (Å²) in [7, 11) is 0. The molecule has 0 saturated carbocycles. The Labute approximate surface area is 130 Å². The Morgan fingerprint density at radius 2 is 2.09 bits per heavy atom. The van der Waals surface area contributed by atoms with E-state index >= 15 is 0 Å². The second kappa shape index (κ2) is 5.70. The smallest absolute Gasteiger partial charge is 0.245 e. The molecule has 3 heterocycles. The Bertz CT molecular complexity index is 591. The van der Waals surface area contributed by atoms with E-state index in [-0.39, 0.29) is 23.9 Å². The first-order valence-electron chi connectivity index (χ1n) is 7.99. The van der Waals surface area contributed by atoms with Gasteiger partial charge in [-0.15, -0.1) is 0 Å². The van der Waals surface area contributed by atoms with Crippen LogP contribution in [0.1, 0.15) is 43.9 Å². The minimum Gasteiger partial charge on any atom is -0.336 e. The first kappa shape index (κ1) is 15.0. The van der Waals surface area contributed by atoms with Gasteiger partial charge in [-0.1, -0.05) is 6.92 Å². The molecule has 1 aromatic heterocycles. The van der Waals surface area contributed by atoms with Crippen LogP contribution in [0, 0.1) is 13.8 Å². The molecule has 0 aromatic carbocycles. The molecule has 3 rings (SSSR count). The Morgan fingerprint density at radius 1 is 1.36 bits per heavy atom. The summed E-state index contributed by atoms with van der Waals surface area (Å²) in [5.74, 6) is 1.83. The van der Waals surface area contributed by atoms with Crippen molar-refractivity contribution in [3.8, 4) is 0 Å². The number of aromatic nitrogens is 3. The number of hydrogen-bond acceptors (Lipinski definition) is 4. The molecule has 1 unspecified atom stereocenters. The maximum absolute atomic E-state index is 12.6. The highest BCUT2D eigenvalue weighted by Gasteiger charge is 2.40. The molecule has 2 amide bonds. The lowest BCUT2D eigenvalue weighted by Crippen LogP contribution is -2.57. The molecule has 22 heavy (non-hydrogen) atoms. The normalized spacial score (nSPS) is 20.4. The van der Waals surface area contributed by atoms with Crippen LogP contribution in [-0.2, 0) is 9.59 Å². The Hall–Kier alpha value is -1.92. The van der Waals surface area contributed by atoms with Crippen LogP contribution in [0.2, 0.25) is 0 Å². The van der Waals surface area contributed by atoms with Gasteiger partial charge in [0.05, 0.1) is 6.04 Å². The molecule has 1 atom stereocenters. The third-order valence-electron chi connectivity index (χ3n) is 4.59. The fraction of sp³-hybridized carbons (Fsp3) is 0.733. The SMILES string of the molecule is CCC(C(=O)N1CC(n2nc(C)nc2C)C1)N1CCCC1=O. The van der Waals surface area contributed by atoms with Crippen LogP contribution in [0.3, 0.4) is 0 Å². The highest BCUT2D eigenvalue weighted by molar-refractivity contribution is 5.89. The lowest BCUT2D eigenvalue weighted by atomic mass is 10.1. The summed E-state index contributed by atoms with van der Waals surface area (Å²) in [4.78, 5) is 32.4. The predicted octanol–water partition coefficient (Wildman–Crippen LogP) is 0.679. The maximum Gasteiger partial charge on any atom is 0.245 e. The van der Waals surface area contributed by atoms with E-state index in [0.29, 0.717) is 32.5 Å². The van der Waals surface area contributed by atoms with Crippen molar-refractivity contribution in [2.24, 2.45) is 0 Å². The highest BCUT2D eigenvalue weighted by atomic mass is 16.2. The first-order chi connectivity index (χ1) is 10.5.